The van der Waals surface area contributed by atoms with E-state index in [9.17, 15) is 9.90 Å². The Bertz CT molecular complexity index is 1210. The number of likely N-dealkylation sites (tertiary alicyclic amines) is 1. The number of methoxy groups -OCH3 is 1. The average molecular weight is 452 g/mol. The third-order valence-electron chi connectivity index (χ3n) is 5.79. The number of carbonyl (C=O) groups excluding carboxylic acids is 1. The Morgan fingerprint density at radius 1 is 1.38 bits per heavy atom. The van der Waals surface area contributed by atoms with Gasteiger partial charge in [-0.3, -0.25) is 4.79 Å². The van der Waals surface area contributed by atoms with E-state index in [4.69, 9.17) is 14.6 Å². The lowest BCUT2D eigenvalue weighted by Gasteiger charge is -2.22. The highest BCUT2D eigenvalue weighted by atomic mass is 32.1. The minimum atomic E-state index is -0.482. The molecular formula is C24H25N3O4S. The first-order valence-electron chi connectivity index (χ1n) is 10.6. The Morgan fingerprint density at radius 3 is 2.88 bits per heavy atom. The van der Waals surface area contributed by atoms with Gasteiger partial charge < -0.3 is 19.5 Å². The molecule has 3 aromatic rings. The fourth-order valence-corrected chi connectivity index (χ4v) is 4.92. The molecule has 1 atom stereocenters. The number of hydrogen-bond acceptors (Lipinski definition) is 6. The molecule has 2 aliphatic heterocycles. The van der Waals surface area contributed by atoms with Gasteiger partial charge in [-0.1, -0.05) is 11.6 Å². The molecule has 2 aliphatic rings. The Hall–Kier alpha value is -3.10. The van der Waals surface area contributed by atoms with Crippen LogP contribution in [0.1, 0.15) is 41.9 Å². The molecule has 166 valence electrons. The molecule has 32 heavy (non-hydrogen) atoms. The van der Waals surface area contributed by atoms with Crippen LogP contribution >= 0.6 is 11.3 Å². The summed E-state index contributed by atoms with van der Waals surface area (Å²) in [7, 11) is 1.65. The van der Waals surface area contributed by atoms with E-state index in [1.54, 1.807) is 23.3 Å². The number of β-amino-alcohol motifs (C(OH)–C–C–N with tert-alkyl or cyclic N) is 1. The van der Waals surface area contributed by atoms with E-state index in [0.29, 0.717) is 31.0 Å². The first-order valence-corrected chi connectivity index (χ1v) is 11.5. The second-order valence-corrected chi connectivity index (χ2v) is 9.14. The monoisotopic (exact) mass is 451 g/mol. The van der Waals surface area contributed by atoms with E-state index in [0.717, 1.165) is 39.4 Å². The lowest BCUT2D eigenvalue weighted by atomic mass is 9.98. The number of aromatic nitrogens is 2. The smallest absolute Gasteiger partial charge is 0.274 e. The van der Waals surface area contributed by atoms with Crippen molar-refractivity contribution in [2.24, 2.45) is 0 Å². The number of hydrogen-bond donors (Lipinski definition) is 1. The summed E-state index contributed by atoms with van der Waals surface area (Å²) in [5, 5.41) is 18.7. The quantitative estimate of drug-likeness (QED) is 0.645. The van der Waals surface area contributed by atoms with E-state index in [-0.39, 0.29) is 12.5 Å². The van der Waals surface area contributed by atoms with E-state index >= 15 is 0 Å². The van der Waals surface area contributed by atoms with Gasteiger partial charge in [0.25, 0.3) is 5.91 Å². The molecule has 0 spiro atoms. The van der Waals surface area contributed by atoms with E-state index in [2.05, 4.69) is 6.08 Å². The third kappa shape index (κ3) is 3.49. The van der Waals surface area contributed by atoms with Crippen LogP contribution in [0.25, 0.3) is 23.0 Å². The fraction of sp³-hybridized carbons (Fsp3) is 0.333. The van der Waals surface area contributed by atoms with Gasteiger partial charge in [0.15, 0.2) is 5.69 Å². The maximum Gasteiger partial charge on any atom is 0.274 e. The molecular weight excluding hydrogens is 426 g/mol. The maximum atomic E-state index is 13.3. The maximum absolute atomic E-state index is 13.3. The van der Waals surface area contributed by atoms with Gasteiger partial charge in [-0.2, -0.15) is 16.4 Å². The van der Waals surface area contributed by atoms with Crippen LogP contribution < -0.4 is 9.47 Å². The summed E-state index contributed by atoms with van der Waals surface area (Å²) in [4.78, 5) is 15.0. The molecule has 0 radical (unpaired) electrons. The lowest BCUT2D eigenvalue weighted by molar-refractivity contribution is 0.0756. The summed E-state index contributed by atoms with van der Waals surface area (Å²) in [6, 6.07) is 5.93. The molecule has 0 saturated carbocycles. The first kappa shape index (κ1) is 20.8. The molecule has 2 aromatic heterocycles. The number of rotatable bonds is 4. The van der Waals surface area contributed by atoms with Crippen molar-refractivity contribution < 1.29 is 19.4 Å². The molecule has 7 nitrogen and oxygen atoms in total. The predicted octanol–water partition coefficient (Wildman–Crippen LogP) is 4.13. The summed E-state index contributed by atoms with van der Waals surface area (Å²) in [5.41, 5.74) is 5.87. The second kappa shape index (κ2) is 8.11. The van der Waals surface area contributed by atoms with Crippen molar-refractivity contribution >= 4 is 23.3 Å². The van der Waals surface area contributed by atoms with Gasteiger partial charge in [0.1, 0.15) is 18.1 Å². The van der Waals surface area contributed by atoms with Crippen LogP contribution in [0, 0.1) is 0 Å². The number of ether oxygens (including phenoxy) is 2. The summed E-state index contributed by atoms with van der Waals surface area (Å²) in [6.07, 6.45) is 2.17. The Kier molecular flexibility index (Phi) is 5.27. The van der Waals surface area contributed by atoms with Gasteiger partial charge in [0.2, 0.25) is 0 Å². The fourth-order valence-electron chi connectivity index (χ4n) is 4.31. The minimum Gasteiger partial charge on any atom is -0.496 e. The largest absolute Gasteiger partial charge is 0.496 e. The molecule has 1 N–H and O–H groups in total. The van der Waals surface area contributed by atoms with Gasteiger partial charge in [0.05, 0.1) is 24.6 Å². The standard InChI is InChI=1S/C24H25N3O4S/c1-14(2)8-15-9-18-21(10-20(15)30-3)31-12-19-22(24(29)26-6-4-17(28)11-26)25-27(23(18)19)16-5-7-32-13-16/h5,7-10,13,17,28H,4,6,11-12H2,1-3H3. The molecule has 1 unspecified atom stereocenters. The second-order valence-electron chi connectivity index (χ2n) is 8.36. The summed E-state index contributed by atoms with van der Waals surface area (Å²) < 4.78 is 13.5. The van der Waals surface area contributed by atoms with Crippen molar-refractivity contribution in [2.45, 2.75) is 33.0 Å². The number of benzene rings is 1. The van der Waals surface area contributed by atoms with Crippen LogP contribution in [0.15, 0.2) is 34.5 Å². The van der Waals surface area contributed by atoms with Gasteiger partial charge in [-0.05, 0) is 37.8 Å². The first-order chi connectivity index (χ1) is 15.5. The van der Waals surface area contributed by atoms with E-state index in [1.807, 2.05) is 47.5 Å². The zero-order chi connectivity index (χ0) is 22.4. The van der Waals surface area contributed by atoms with E-state index in [1.165, 1.54) is 0 Å². The zero-order valence-corrected chi connectivity index (χ0v) is 19.1. The molecule has 8 heteroatoms. The molecule has 4 heterocycles. The van der Waals surface area contributed by atoms with Crippen LogP contribution in [-0.2, 0) is 6.61 Å². The van der Waals surface area contributed by atoms with Crippen molar-refractivity contribution in [2.75, 3.05) is 20.2 Å². The van der Waals surface area contributed by atoms with Gasteiger partial charge in [0, 0.05) is 41.2 Å². The molecule has 1 fully saturated rings. The molecule has 0 bridgehead atoms. The molecule has 5 rings (SSSR count). The summed E-state index contributed by atoms with van der Waals surface area (Å²) in [5.74, 6) is 1.27. The van der Waals surface area contributed by atoms with E-state index < -0.39 is 6.10 Å². The van der Waals surface area contributed by atoms with Crippen molar-refractivity contribution in [3.63, 3.8) is 0 Å². The highest BCUT2D eigenvalue weighted by molar-refractivity contribution is 7.08. The SMILES string of the molecule is COc1cc2c(cc1C=C(C)C)-c1c(c(C(=O)N3CCC(O)C3)nn1-c1ccsc1)CO2. The number of amides is 1. The molecule has 1 saturated heterocycles. The number of nitrogens with zero attached hydrogens (tertiary/aromatic N) is 3. The third-order valence-corrected chi connectivity index (χ3v) is 6.46. The molecule has 0 aliphatic carbocycles. The van der Waals surface area contributed by atoms with Crippen LogP contribution in [-0.4, -0.2) is 52.0 Å². The lowest BCUT2D eigenvalue weighted by Crippen LogP contribution is -2.30. The highest BCUT2D eigenvalue weighted by Gasteiger charge is 2.34. The van der Waals surface area contributed by atoms with Crippen LogP contribution in [0.4, 0.5) is 0 Å². The van der Waals surface area contributed by atoms with Gasteiger partial charge in [-0.15, -0.1) is 0 Å². The number of allylic oxidation sites excluding steroid dienone is 1. The van der Waals surface area contributed by atoms with Crippen LogP contribution in [0.3, 0.4) is 0 Å². The summed E-state index contributed by atoms with van der Waals surface area (Å²) >= 11 is 1.58. The number of carbonyl (C=O) groups is 1. The number of fused-ring (bicyclic) bond motifs is 3. The van der Waals surface area contributed by atoms with Crippen LogP contribution in [0.2, 0.25) is 0 Å². The van der Waals surface area contributed by atoms with Crippen molar-refractivity contribution in [1.29, 1.82) is 0 Å². The zero-order valence-electron chi connectivity index (χ0n) is 18.3. The Morgan fingerprint density at radius 2 is 2.22 bits per heavy atom. The highest BCUT2D eigenvalue weighted by Crippen LogP contribution is 2.44. The average Bonchev–Trinajstić information content (AvgIpc) is 3.51. The minimum absolute atomic E-state index is 0.170. The van der Waals surface area contributed by atoms with Crippen molar-refractivity contribution in [3.8, 4) is 28.4 Å². The topological polar surface area (TPSA) is 76.8 Å². The normalized spacial score (nSPS) is 16.9. The summed E-state index contributed by atoms with van der Waals surface area (Å²) in [6.45, 7) is 5.18. The van der Waals surface area contributed by atoms with Gasteiger partial charge in [-0.25, -0.2) is 4.68 Å². The number of thiophene rings is 1. The molecule has 1 aromatic carbocycles. The molecule has 1 amide bonds. The Labute approximate surface area is 190 Å². The number of aliphatic hydroxyl groups is 1. The van der Waals surface area contributed by atoms with Crippen molar-refractivity contribution in [3.05, 3.63) is 51.4 Å². The van der Waals surface area contributed by atoms with Crippen molar-refractivity contribution in [1.82, 2.24) is 14.7 Å². The van der Waals surface area contributed by atoms with Gasteiger partial charge >= 0.3 is 0 Å². The number of aliphatic hydroxyl groups excluding tert-OH is 1. The predicted molar refractivity (Wildman–Crippen MR) is 124 cm³/mol. The van der Waals surface area contributed by atoms with Crippen LogP contribution in [0.5, 0.6) is 11.5 Å². The Balaban J connectivity index is 1.70.